The van der Waals surface area contributed by atoms with Crippen molar-refractivity contribution in [2.45, 2.75) is 25.0 Å². The second kappa shape index (κ2) is 10.4. The fourth-order valence-corrected chi connectivity index (χ4v) is 4.95. The number of likely N-dealkylation sites (tertiary alicyclic amines) is 1. The second-order valence-corrected chi connectivity index (χ2v) is 10.1. The molecule has 1 aliphatic heterocycles. The summed E-state index contributed by atoms with van der Waals surface area (Å²) in [5.41, 5.74) is 0.713. The van der Waals surface area contributed by atoms with Gasteiger partial charge in [-0.15, -0.1) is 10.2 Å². The number of amides is 1. The van der Waals surface area contributed by atoms with E-state index in [1.54, 1.807) is 41.3 Å². The molecule has 1 fully saturated rings. The third kappa shape index (κ3) is 4.78. The lowest BCUT2D eigenvalue weighted by Gasteiger charge is -2.21. The van der Waals surface area contributed by atoms with Crippen LogP contribution in [-0.2, 0) is 14.8 Å². The normalized spacial score (nSPS) is 14.4. The van der Waals surface area contributed by atoms with Crippen molar-refractivity contribution < 1.29 is 27.4 Å². The summed E-state index contributed by atoms with van der Waals surface area (Å²) < 4.78 is 46.8. The standard InChI is InChI=1S/C23H28N6O6S/c1-15(22(30)28-13-5-6-14-28)36(31,32)27-23-26-25-21(16-9-7-12-19(24-16)35-4)29(23)20-17(33-2)10-8-11-18(20)34-3/h7-12,15H,5-6,13-14H2,1-4H3,(H,26,27)/t15-/m1/s1. The highest BCUT2D eigenvalue weighted by molar-refractivity contribution is 7.94. The summed E-state index contributed by atoms with van der Waals surface area (Å²) in [6.45, 7) is 2.44. The molecule has 192 valence electrons. The van der Waals surface area contributed by atoms with Gasteiger partial charge >= 0.3 is 0 Å². The van der Waals surface area contributed by atoms with Crippen LogP contribution in [0.2, 0.25) is 0 Å². The molecule has 1 aromatic carbocycles. The molecular formula is C23H28N6O6S. The largest absolute Gasteiger partial charge is 0.494 e. The molecule has 3 aromatic rings. The zero-order chi connectivity index (χ0) is 25.9. The van der Waals surface area contributed by atoms with E-state index in [-0.39, 0.29) is 11.8 Å². The van der Waals surface area contributed by atoms with Crippen LogP contribution >= 0.6 is 0 Å². The molecule has 0 unspecified atom stereocenters. The number of nitrogens with zero attached hydrogens (tertiary/aromatic N) is 5. The monoisotopic (exact) mass is 516 g/mol. The maximum Gasteiger partial charge on any atom is 0.246 e. The Bertz CT molecular complexity index is 1330. The van der Waals surface area contributed by atoms with Crippen LogP contribution in [0.5, 0.6) is 17.4 Å². The molecular weight excluding hydrogens is 488 g/mol. The molecule has 0 bridgehead atoms. The summed E-state index contributed by atoms with van der Waals surface area (Å²) in [5.74, 6) is 0.669. The topological polar surface area (TPSA) is 138 Å². The number of para-hydroxylation sites is 1. The molecule has 1 N–H and O–H groups in total. The number of pyridine rings is 1. The maximum atomic E-state index is 13.3. The number of sulfonamides is 1. The Morgan fingerprint density at radius 3 is 2.22 bits per heavy atom. The highest BCUT2D eigenvalue weighted by atomic mass is 32.2. The number of hydrogen-bond donors (Lipinski definition) is 1. The van der Waals surface area contributed by atoms with Crippen LogP contribution in [0.3, 0.4) is 0 Å². The van der Waals surface area contributed by atoms with Crippen molar-refractivity contribution in [3.63, 3.8) is 0 Å². The van der Waals surface area contributed by atoms with Gasteiger partial charge in [0, 0.05) is 19.2 Å². The smallest absolute Gasteiger partial charge is 0.246 e. The quantitative estimate of drug-likeness (QED) is 0.453. The van der Waals surface area contributed by atoms with Crippen LogP contribution in [-0.4, -0.2) is 78.6 Å². The molecule has 3 heterocycles. The first kappa shape index (κ1) is 25.2. The number of methoxy groups -OCH3 is 3. The Hall–Kier alpha value is -3.87. The molecule has 13 heteroatoms. The minimum absolute atomic E-state index is 0.154. The van der Waals surface area contributed by atoms with E-state index in [4.69, 9.17) is 14.2 Å². The third-order valence-corrected chi connectivity index (χ3v) is 7.51. The van der Waals surface area contributed by atoms with Crippen molar-refractivity contribution in [2.75, 3.05) is 39.1 Å². The number of aromatic nitrogens is 4. The lowest BCUT2D eigenvalue weighted by atomic mass is 10.2. The molecule has 1 amide bonds. The predicted octanol–water partition coefficient (Wildman–Crippen LogP) is 2.11. The average molecular weight is 517 g/mol. The molecule has 1 saturated heterocycles. The van der Waals surface area contributed by atoms with E-state index in [9.17, 15) is 13.2 Å². The molecule has 1 atom stereocenters. The van der Waals surface area contributed by atoms with Crippen LogP contribution < -0.4 is 18.9 Å². The van der Waals surface area contributed by atoms with Gasteiger partial charge in [-0.05, 0) is 38.0 Å². The van der Waals surface area contributed by atoms with Crippen molar-refractivity contribution in [3.8, 4) is 34.6 Å². The van der Waals surface area contributed by atoms with Gasteiger partial charge in [0.05, 0.1) is 21.3 Å². The van der Waals surface area contributed by atoms with Crippen molar-refractivity contribution in [1.29, 1.82) is 0 Å². The molecule has 1 aliphatic rings. The van der Waals surface area contributed by atoms with Gasteiger partial charge in [-0.2, -0.15) is 0 Å². The van der Waals surface area contributed by atoms with Gasteiger partial charge in [0.25, 0.3) is 0 Å². The summed E-state index contributed by atoms with van der Waals surface area (Å²) >= 11 is 0. The van der Waals surface area contributed by atoms with Gasteiger partial charge in [0.2, 0.25) is 27.8 Å². The van der Waals surface area contributed by atoms with Crippen LogP contribution in [0.1, 0.15) is 19.8 Å². The average Bonchev–Trinajstić information content (AvgIpc) is 3.57. The Kier molecular flexibility index (Phi) is 7.29. The molecule has 0 aliphatic carbocycles. The fourth-order valence-electron chi connectivity index (χ4n) is 3.98. The Morgan fingerprint density at radius 1 is 0.972 bits per heavy atom. The van der Waals surface area contributed by atoms with E-state index in [0.29, 0.717) is 41.8 Å². The molecule has 0 radical (unpaired) electrons. The van der Waals surface area contributed by atoms with E-state index >= 15 is 0 Å². The highest BCUT2D eigenvalue weighted by Crippen LogP contribution is 2.37. The highest BCUT2D eigenvalue weighted by Gasteiger charge is 2.35. The molecule has 0 spiro atoms. The second-order valence-electron chi connectivity index (χ2n) is 8.08. The van der Waals surface area contributed by atoms with Crippen molar-refractivity contribution in [1.82, 2.24) is 24.6 Å². The van der Waals surface area contributed by atoms with Crippen LogP contribution in [0.4, 0.5) is 5.95 Å². The first-order valence-corrected chi connectivity index (χ1v) is 12.8. The number of carbonyl (C=O) groups excluding carboxylic acids is 1. The first-order valence-electron chi connectivity index (χ1n) is 11.3. The number of hydrogen-bond acceptors (Lipinski definition) is 9. The molecule has 36 heavy (non-hydrogen) atoms. The van der Waals surface area contributed by atoms with Crippen molar-refractivity contribution in [3.05, 3.63) is 36.4 Å². The number of ether oxygens (including phenoxy) is 3. The van der Waals surface area contributed by atoms with Crippen LogP contribution in [0, 0.1) is 0 Å². The lowest BCUT2D eigenvalue weighted by Crippen LogP contribution is -2.42. The summed E-state index contributed by atoms with van der Waals surface area (Å²) in [6, 6.07) is 10.2. The minimum atomic E-state index is -4.19. The van der Waals surface area contributed by atoms with Gasteiger partial charge in [-0.1, -0.05) is 12.1 Å². The summed E-state index contributed by atoms with van der Waals surface area (Å²) in [4.78, 5) is 18.8. The minimum Gasteiger partial charge on any atom is -0.494 e. The number of benzene rings is 1. The molecule has 2 aromatic heterocycles. The van der Waals surface area contributed by atoms with E-state index in [1.807, 2.05) is 0 Å². The number of nitrogens with one attached hydrogen (secondary N) is 1. The molecule has 0 saturated carbocycles. The Labute approximate surface area is 209 Å². The molecule has 12 nitrogen and oxygen atoms in total. The third-order valence-electron chi connectivity index (χ3n) is 5.91. The Balaban J connectivity index is 1.85. The van der Waals surface area contributed by atoms with E-state index in [0.717, 1.165) is 12.8 Å². The zero-order valence-corrected chi connectivity index (χ0v) is 21.3. The van der Waals surface area contributed by atoms with E-state index in [1.165, 1.54) is 32.8 Å². The number of carbonyl (C=O) groups is 1. The summed E-state index contributed by atoms with van der Waals surface area (Å²) in [5, 5.41) is 6.99. The van der Waals surface area contributed by atoms with Gasteiger partial charge in [0.15, 0.2) is 11.1 Å². The van der Waals surface area contributed by atoms with Gasteiger partial charge in [-0.3, -0.25) is 14.1 Å². The zero-order valence-electron chi connectivity index (χ0n) is 20.5. The summed E-state index contributed by atoms with van der Waals surface area (Å²) in [7, 11) is 0.250. The first-order chi connectivity index (χ1) is 17.3. The summed E-state index contributed by atoms with van der Waals surface area (Å²) in [6.07, 6.45) is 1.70. The van der Waals surface area contributed by atoms with Gasteiger partial charge < -0.3 is 19.1 Å². The van der Waals surface area contributed by atoms with Gasteiger partial charge in [-0.25, -0.2) is 13.4 Å². The Morgan fingerprint density at radius 2 is 1.61 bits per heavy atom. The van der Waals surface area contributed by atoms with Gasteiger partial charge in [0.1, 0.15) is 22.9 Å². The number of anilines is 1. The predicted molar refractivity (Wildman–Crippen MR) is 132 cm³/mol. The van der Waals surface area contributed by atoms with Crippen LogP contribution in [0.25, 0.3) is 17.2 Å². The maximum absolute atomic E-state index is 13.3. The fraction of sp³-hybridized carbons (Fsp3) is 0.391. The number of rotatable bonds is 9. The molecule has 4 rings (SSSR count). The SMILES string of the molecule is COc1cccc(-c2nnc(NS(=O)(=O)[C@H](C)C(=O)N3CCCC3)n2-c2c(OC)cccc2OC)n1. The lowest BCUT2D eigenvalue weighted by molar-refractivity contribution is -0.129. The van der Waals surface area contributed by atoms with Crippen molar-refractivity contribution >= 4 is 21.9 Å². The van der Waals surface area contributed by atoms with E-state index in [2.05, 4.69) is 19.9 Å². The van der Waals surface area contributed by atoms with Crippen molar-refractivity contribution in [2.24, 2.45) is 0 Å². The van der Waals surface area contributed by atoms with Crippen LogP contribution in [0.15, 0.2) is 36.4 Å². The van der Waals surface area contributed by atoms with E-state index < -0.39 is 21.2 Å².